The molecule has 0 rings (SSSR count). The third-order valence-corrected chi connectivity index (χ3v) is 9.89. The third-order valence-electron chi connectivity index (χ3n) is 8.91. The zero-order chi connectivity index (χ0) is 42.8. The zero-order valence-electron chi connectivity index (χ0n) is 37.2. The van der Waals surface area contributed by atoms with Gasteiger partial charge >= 0.3 is 19.8 Å². The summed E-state index contributed by atoms with van der Waals surface area (Å²) < 4.78 is 34.2. The number of phosphoric ester groups is 1. The molecule has 0 saturated carbocycles. The Balaban J connectivity index is 4.48. The molecule has 0 aromatic rings. The van der Waals surface area contributed by atoms with Crippen LogP contribution in [-0.2, 0) is 32.7 Å². The first-order valence-electron chi connectivity index (χ1n) is 22.3. The van der Waals surface area contributed by atoms with Crippen LogP contribution in [0.4, 0.5) is 0 Å². The van der Waals surface area contributed by atoms with Crippen molar-refractivity contribution in [3.05, 3.63) is 85.1 Å². The topological polar surface area (TPSA) is 108 Å². The van der Waals surface area contributed by atoms with Crippen molar-refractivity contribution in [3.63, 3.8) is 0 Å². The summed E-state index contributed by atoms with van der Waals surface area (Å²) in [5.74, 6) is -0.884. The molecule has 1 unspecified atom stereocenters. The second-order valence-electron chi connectivity index (χ2n) is 15.7. The number of esters is 2. The van der Waals surface area contributed by atoms with Gasteiger partial charge in [-0.15, -0.1) is 0 Å². The molecule has 0 saturated heterocycles. The fourth-order valence-corrected chi connectivity index (χ4v) is 6.17. The third kappa shape index (κ3) is 42.8. The van der Waals surface area contributed by atoms with Gasteiger partial charge in [0.2, 0.25) is 0 Å². The van der Waals surface area contributed by atoms with Gasteiger partial charge < -0.3 is 18.9 Å². The van der Waals surface area contributed by atoms with E-state index in [0.717, 1.165) is 70.6 Å². The lowest BCUT2D eigenvalue weighted by Gasteiger charge is -2.24. The molecule has 0 aliphatic rings. The highest BCUT2D eigenvalue weighted by Crippen LogP contribution is 2.43. The highest BCUT2D eigenvalue weighted by Gasteiger charge is 2.27. The fourth-order valence-electron chi connectivity index (χ4n) is 5.43. The molecule has 0 radical (unpaired) electrons. The van der Waals surface area contributed by atoms with Gasteiger partial charge in [0, 0.05) is 12.8 Å². The lowest BCUT2D eigenvalue weighted by Crippen LogP contribution is -2.37. The number of ether oxygens (including phenoxy) is 2. The summed E-state index contributed by atoms with van der Waals surface area (Å²) in [4.78, 5) is 35.4. The van der Waals surface area contributed by atoms with E-state index in [9.17, 15) is 19.0 Å². The molecule has 58 heavy (non-hydrogen) atoms. The van der Waals surface area contributed by atoms with Crippen LogP contribution >= 0.6 is 7.82 Å². The molecule has 2 atom stereocenters. The van der Waals surface area contributed by atoms with Crippen LogP contribution in [0.5, 0.6) is 0 Å². The minimum absolute atomic E-state index is 0.0151. The van der Waals surface area contributed by atoms with E-state index in [-0.39, 0.29) is 26.1 Å². The first-order valence-corrected chi connectivity index (χ1v) is 23.8. The smallest absolute Gasteiger partial charge is 0.462 e. The molecule has 0 heterocycles. The number of carbonyl (C=O) groups is 2. The van der Waals surface area contributed by atoms with Gasteiger partial charge in [-0.05, 0) is 83.5 Å². The Morgan fingerprint density at radius 2 is 1.00 bits per heavy atom. The molecule has 0 aromatic carbocycles. The van der Waals surface area contributed by atoms with E-state index in [1.807, 2.05) is 27.2 Å². The average Bonchev–Trinajstić information content (AvgIpc) is 3.17. The largest absolute Gasteiger partial charge is 0.472 e. The number of hydrogen-bond donors (Lipinski definition) is 1. The van der Waals surface area contributed by atoms with Gasteiger partial charge in [-0.2, -0.15) is 0 Å². The number of nitrogens with zero attached hydrogens (tertiary/aromatic N) is 1. The van der Waals surface area contributed by atoms with E-state index in [1.54, 1.807) is 0 Å². The summed E-state index contributed by atoms with van der Waals surface area (Å²) in [7, 11) is 1.42. The predicted octanol–water partition coefficient (Wildman–Crippen LogP) is 12.8. The summed E-state index contributed by atoms with van der Waals surface area (Å²) in [6.45, 7) is 4.19. The number of likely N-dealkylation sites (N-methyl/N-ethyl adjacent to an activating group) is 1. The van der Waals surface area contributed by atoms with Crippen LogP contribution in [0, 0.1) is 0 Å². The average molecular weight is 833 g/mol. The number of allylic oxidation sites excluding steroid dienone is 14. The fraction of sp³-hybridized carbons (Fsp3) is 0.667. The molecule has 0 spiro atoms. The van der Waals surface area contributed by atoms with Crippen LogP contribution in [0.3, 0.4) is 0 Å². The lowest BCUT2D eigenvalue weighted by atomic mass is 10.1. The van der Waals surface area contributed by atoms with E-state index < -0.39 is 32.5 Å². The molecular weight excluding hydrogens is 750 g/mol. The van der Waals surface area contributed by atoms with Crippen LogP contribution in [0.15, 0.2) is 85.1 Å². The minimum Gasteiger partial charge on any atom is -0.462 e. The standard InChI is InChI=1S/C48H82NO8P/c1-6-8-10-12-14-16-18-20-22-24-26-28-30-32-34-36-38-40-47(50)54-44-46(45-56-58(52,53)55-43-42-49(3,4)5)57-48(51)41-39-37-35-33-31-29-27-25-23-21-19-17-15-13-11-9-7-2/h9,11,14-17,20-23,27,29,33,35,46H,6-8,10,12-13,18-19,24-26,28,30-32,34,36-45H2,1-5H3/p+1/b11-9+,16-14+,17-15+,22-20+,23-21+,29-27+,35-33+/t46-/m1/s1. The van der Waals surface area contributed by atoms with Crippen molar-refractivity contribution in [2.24, 2.45) is 0 Å². The maximum Gasteiger partial charge on any atom is 0.472 e. The number of quaternary nitrogens is 1. The Morgan fingerprint density at radius 3 is 1.52 bits per heavy atom. The summed E-state index contributed by atoms with van der Waals surface area (Å²) in [6, 6.07) is 0. The summed E-state index contributed by atoms with van der Waals surface area (Å²) in [6.07, 6.45) is 50.6. The normalized spacial score (nSPS) is 14.4. The van der Waals surface area contributed by atoms with Gasteiger partial charge in [0.05, 0.1) is 27.7 Å². The van der Waals surface area contributed by atoms with Crippen molar-refractivity contribution in [1.29, 1.82) is 0 Å². The Labute approximate surface area is 354 Å². The lowest BCUT2D eigenvalue weighted by molar-refractivity contribution is -0.870. The zero-order valence-corrected chi connectivity index (χ0v) is 38.1. The van der Waals surface area contributed by atoms with Crippen molar-refractivity contribution in [3.8, 4) is 0 Å². The summed E-state index contributed by atoms with van der Waals surface area (Å²) >= 11 is 0. The number of carbonyl (C=O) groups excluding carboxylic acids is 2. The first kappa shape index (κ1) is 55.2. The van der Waals surface area contributed by atoms with Gasteiger partial charge in [0.25, 0.3) is 0 Å². The van der Waals surface area contributed by atoms with Crippen molar-refractivity contribution in [2.75, 3.05) is 47.5 Å². The highest BCUT2D eigenvalue weighted by molar-refractivity contribution is 7.47. The van der Waals surface area contributed by atoms with Crippen molar-refractivity contribution >= 4 is 19.8 Å². The molecule has 1 N–H and O–H groups in total. The highest BCUT2D eigenvalue weighted by atomic mass is 31.2. The van der Waals surface area contributed by atoms with Crippen molar-refractivity contribution in [2.45, 2.75) is 161 Å². The Morgan fingerprint density at radius 1 is 0.552 bits per heavy atom. The molecular formula is C48H83NO8P+. The van der Waals surface area contributed by atoms with Gasteiger partial charge in [0.15, 0.2) is 6.10 Å². The van der Waals surface area contributed by atoms with E-state index in [4.69, 9.17) is 18.5 Å². The van der Waals surface area contributed by atoms with Crippen LogP contribution < -0.4 is 0 Å². The summed E-state index contributed by atoms with van der Waals surface area (Å²) in [5, 5.41) is 0. The van der Waals surface area contributed by atoms with Crippen LogP contribution in [0.1, 0.15) is 155 Å². The van der Waals surface area contributed by atoms with Crippen molar-refractivity contribution in [1.82, 2.24) is 0 Å². The maximum absolute atomic E-state index is 12.7. The molecule has 0 aliphatic carbocycles. The van der Waals surface area contributed by atoms with Crippen molar-refractivity contribution < 1.29 is 42.1 Å². The Bertz CT molecular complexity index is 1260. The quantitative estimate of drug-likeness (QED) is 0.0214. The predicted molar refractivity (Wildman–Crippen MR) is 242 cm³/mol. The van der Waals surface area contributed by atoms with Crippen LogP contribution in [0.2, 0.25) is 0 Å². The van der Waals surface area contributed by atoms with Crippen LogP contribution in [-0.4, -0.2) is 74.9 Å². The molecule has 332 valence electrons. The molecule has 0 amide bonds. The number of phosphoric acid groups is 1. The monoisotopic (exact) mass is 833 g/mol. The van der Waals surface area contributed by atoms with E-state index in [0.29, 0.717) is 23.9 Å². The molecule has 0 fully saturated rings. The summed E-state index contributed by atoms with van der Waals surface area (Å²) in [5.41, 5.74) is 0. The Kier molecular flexibility index (Phi) is 37.7. The first-order chi connectivity index (χ1) is 28.0. The Hall–Kier alpha value is -2.81. The van der Waals surface area contributed by atoms with Gasteiger partial charge in [0.1, 0.15) is 19.8 Å². The van der Waals surface area contributed by atoms with Crippen LogP contribution in [0.25, 0.3) is 0 Å². The van der Waals surface area contributed by atoms with Gasteiger partial charge in [-0.3, -0.25) is 18.6 Å². The molecule has 0 aliphatic heterocycles. The van der Waals surface area contributed by atoms with E-state index in [1.165, 1.54) is 44.9 Å². The number of unbranched alkanes of at least 4 members (excludes halogenated alkanes) is 11. The number of hydrogen-bond acceptors (Lipinski definition) is 7. The SMILES string of the molecule is CC/C=C/C/C=C/C/C=C/C/C=C/C/C=C/CCCC(=O)O[C@H](COC(=O)CCCCCCCCC/C=C/C/C=C/CCCCC)COP(=O)(O)OCC[N+](C)(C)C. The minimum atomic E-state index is -4.40. The van der Waals surface area contributed by atoms with E-state index in [2.05, 4.69) is 92.8 Å². The molecule has 0 bridgehead atoms. The molecule has 0 aromatic heterocycles. The van der Waals surface area contributed by atoms with Gasteiger partial charge in [-0.1, -0.05) is 144 Å². The maximum atomic E-state index is 12.7. The number of rotatable bonds is 39. The van der Waals surface area contributed by atoms with Gasteiger partial charge in [-0.25, -0.2) is 4.57 Å². The second kappa shape index (κ2) is 39.6. The molecule has 10 heteroatoms. The second-order valence-corrected chi connectivity index (χ2v) is 17.1. The molecule has 9 nitrogen and oxygen atoms in total. The van der Waals surface area contributed by atoms with E-state index >= 15 is 0 Å².